The summed E-state index contributed by atoms with van der Waals surface area (Å²) in [4.78, 5) is 33.4. The molecule has 0 aromatic carbocycles. The molecule has 1 unspecified atom stereocenters. The second kappa shape index (κ2) is 4.82. The zero-order valence-corrected chi connectivity index (χ0v) is 9.85. The van der Waals surface area contributed by atoms with Crippen LogP contribution in [0.4, 0.5) is 0 Å². The molecule has 1 rings (SSSR count). The summed E-state index contributed by atoms with van der Waals surface area (Å²) in [6.45, 7) is 2.77. The molecule has 1 aromatic heterocycles. The van der Waals surface area contributed by atoms with Crippen LogP contribution in [0.5, 0.6) is 0 Å². The fourth-order valence-electron chi connectivity index (χ4n) is 1.32. The predicted octanol–water partition coefficient (Wildman–Crippen LogP) is 0.431. The predicted molar refractivity (Wildman–Crippen MR) is 60.0 cm³/mol. The number of ketones is 1. The van der Waals surface area contributed by atoms with Crippen LogP contribution in [-0.4, -0.2) is 33.4 Å². The van der Waals surface area contributed by atoms with Crippen LogP contribution in [0.2, 0.25) is 0 Å². The molecule has 0 fully saturated rings. The molecule has 0 aliphatic rings. The van der Waals surface area contributed by atoms with Crippen LogP contribution >= 0.6 is 0 Å². The molecule has 0 aliphatic carbocycles. The number of carbonyl (C=O) groups excluding carboxylic acids is 2. The van der Waals surface area contributed by atoms with E-state index in [-0.39, 0.29) is 11.5 Å². The first-order valence-corrected chi connectivity index (χ1v) is 5.04. The lowest BCUT2D eigenvalue weighted by atomic mass is 10.2. The number of nitrogens with one attached hydrogen (secondary N) is 1. The molecule has 0 bridgehead atoms. The van der Waals surface area contributed by atoms with Gasteiger partial charge in [-0.3, -0.25) is 14.4 Å². The maximum atomic E-state index is 11.7. The quantitative estimate of drug-likeness (QED) is 0.744. The smallest absolute Gasteiger partial charge is 0.325 e. The van der Waals surface area contributed by atoms with Crippen molar-refractivity contribution in [2.24, 2.45) is 7.05 Å². The molecular weight excluding hydrogens is 224 g/mol. The van der Waals surface area contributed by atoms with E-state index in [4.69, 9.17) is 5.11 Å². The highest BCUT2D eigenvalue weighted by Crippen LogP contribution is 2.08. The second-order valence-electron chi connectivity index (χ2n) is 3.81. The van der Waals surface area contributed by atoms with Crippen LogP contribution in [0.25, 0.3) is 0 Å². The van der Waals surface area contributed by atoms with Gasteiger partial charge < -0.3 is 15.0 Å². The third kappa shape index (κ3) is 2.93. The Morgan fingerprint density at radius 1 is 1.41 bits per heavy atom. The molecule has 0 radical (unpaired) electrons. The van der Waals surface area contributed by atoms with E-state index in [1.54, 1.807) is 7.05 Å². The second-order valence-corrected chi connectivity index (χ2v) is 3.81. The number of carboxylic acid groups (broad SMARTS) is 1. The Bertz CT molecular complexity index is 476. The number of nitrogens with zero attached hydrogens (tertiary/aromatic N) is 1. The first kappa shape index (κ1) is 13.0. The first-order chi connectivity index (χ1) is 7.82. The average Bonchev–Trinajstić information content (AvgIpc) is 2.60. The van der Waals surface area contributed by atoms with Gasteiger partial charge in [-0.1, -0.05) is 0 Å². The van der Waals surface area contributed by atoms with Gasteiger partial charge in [0.2, 0.25) is 0 Å². The number of aliphatic carboxylic acids is 1. The van der Waals surface area contributed by atoms with Gasteiger partial charge >= 0.3 is 5.97 Å². The number of aryl methyl sites for hydroxylation is 1. The summed E-state index contributed by atoms with van der Waals surface area (Å²) in [6.07, 6.45) is 1.53. The monoisotopic (exact) mass is 238 g/mol. The zero-order chi connectivity index (χ0) is 13.2. The van der Waals surface area contributed by atoms with Crippen molar-refractivity contribution in [1.82, 2.24) is 9.88 Å². The van der Waals surface area contributed by atoms with E-state index in [1.807, 2.05) is 0 Å². The van der Waals surface area contributed by atoms with E-state index >= 15 is 0 Å². The van der Waals surface area contributed by atoms with Crippen LogP contribution in [-0.2, 0) is 11.8 Å². The van der Waals surface area contributed by atoms with Crippen molar-refractivity contribution >= 4 is 17.7 Å². The van der Waals surface area contributed by atoms with E-state index in [9.17, 15) is 14.4 Å². The van der Waals surface area contributed by atoms with Crippen LogP contribution in [0, 0.1) is 0 Å². The van der Waals surface area contributed by atoms with Gasteiger partial charge in [-0.25, -0.2) is 0 Å². The fourth-order valence-corrected chi connectivity index (χ4v) is 1.32. The Kier molecular flexibility index (Phi) is 3.67. The van der Waals surface area contributed by atoms with Crippen molar-refractivity contribution in [1.29, 1.82) is 0 Å². The summed E-state index contributed by atoms with van der Waals surface area (Å²) in [5.74, 6) is -1.78. The van der Waals surface area contributed by atoms with Crippen molar-refractivity contribution in [2.75, 3.05) is 0 Å². The Labute approximate surface area is 98.2 Å². The fraction of sp³-hybridized carbons (Fsp3) is 0.364. The Morgan fingerprint density at radius 2 is 2.00 bits per heavy atom. The molecule has 1 aromatic rings. The topological polar surface area (TPSA) is 88.4 Å². The van der Waals surface area contributed by atoms with Gasteiger partial charge in [0.15, 0.2) is 5.78 Å². The number of aromatic nitrogens is 1. The molecule has 92 valence electrons. The van der Waals surface area contributed by atoms with Crippen molar-refractivity contribution in [2.45, 2.75) is 19.9 Å². The minimum absolute atomic E-state index is 0.147. The number of hydrogen-bond acceptors (Lipinski definition) is 3. The van der Waals surface area contributed by atoms with Gasteiger partial charge in [0.05, 0.1) is 0 Å². The van der Waals surface area contributed by atoms with Gasteiger partial charge in [-0.05, 0) is 19.9 Å². The lowest BCUT2D eigenvalue weighted by molar-refractivity contribution is -0.138. The van der Waals surface area contributed by atoms with Crippen molar-refractivity contribution in [3.05, 3.63) is 23.5 Å². The number of rotatable bonds is 4. The van der Waals surface area contributed by atoms with E-state index in [1.165, 1.54) is 30.7 Å². The average molecular weight is 238 g/mol. The standard InChI is InChI=1S/C11H14N2O4/c1-6(11(16)17)12-10(15)9-4-8(7(2)14)5-13(9)3/h4-6H,1-3H3,(H,12,15)(H,16,17). The summed E-state index contributed by atoms with van der Waals surface area (Å²) in [6, 6.07) is 0.463. The summed E-state index contributed by atoms with van der Waals surface area (Å²) < 4.78 is 1.49. The molecule has 0 saturated heterocycles. The molecule has 1 heterocycles. The van der Waals surface area contributed by atoms with Gasteiger partial charge in [-0.15, -0.1) is 0 Å². The third-order valence-corrected chi connectivity index (χ3v) is 2.36. The molecule has 1 atom stereocenters. The van der Waals surface area contributed by atoms with E-state index in [0.717, 1.165) is 0 Å². The van der Waals surface area contributed by atoms with Crippen LogP contribution in [0.1, 0.15) is 34.7 Å². The molecule has 1 amide bonds. The molecule has 2 N–H and O–H groups in total. The Hall–Kier alpha value is -2.11. The highest BCUT2D eigenvalue weighted by atomic mass is 16.4. The lowest BCUT2D eigenvalue weighted by Crippen LogP contribution is -2.39. The van der Waals surface area contributed by atoms with Crippen LogP contribution < -0.4 is 5.32 Å². The Morgan fingerprint density at radius 3 is 2.41 bits per heavy atom. The van der Waals surface area contributed by atoms with Crippen LogP contribution in [0.15, 0.2) is 12.3 Å². The number of carboxylic acids is 1. The van der Waals surface area contributed by atoms with Gasteiger partial charge in [0.25, 0.3) is 5.91 Å². The summed E-state index contributed by atoms with van der Waals surface area (Å²) in [5.41, 5.74) is 0.670. The summed E-state index contributed by atoms with van der Waals surface area (Å²) in [7, 11) is 1.62. The minimum Gasteiger partial charge on any atom is -0.480 e. The normalized spacial score (nSPS) is 11.9. The largest absolute Gasteiger partial charge is 0.480 e. The zero-order valence-electron chi connectivity index (χ0n) is 9.85. The third-order valence-electron chi connectivity index (χ3n) is 2.36. The van der Waals surface area contributed by atoms with Gasteiger partial charge in [0.1, 0.15) is 11.7 Å². The van der Waals surface area contributed by atoms with Gasteiger partial charge in [0, 0.05) is 18.8 Å². The first-order valence-electron chi connectivity index (χ1n) is 5.04. The highest BCUT2D eigenvalue weighted by Gasteiger charge is 2.18. The maximum Gasteiger partial charge on any atom is 0.325 e. The number of hydrogen-bond donors (Lipinski definition) is 2. The molecule has 0 saturated carbocycles. The van der Waals surface area contributed by atoms with Crippen LogP contribution in [0.3, 0.4) is 0 Å². The number of carbonyl (C=O) groups is 3. The van der Waals surface area contributed by atoms with E-state index in [0.29, 0.717) is 5.56 Å². The summed E-state index contributed by atoms with van der Waals surface area (Å²) in [5, 5.41) is 11.0. The highest BCUT2D eigenvalue weighted by molar-refractivity contribution is 6.00. The minimum atomic E-state index is -1.11. The van der Waals surface area contributed by atoms with Crippen molar-refractivity contribution in [3.63, 3.8) is 0 Å². The van der Waals surface area contributed by atoms with Crippen molar-refractivity contribution in [3.8, 4) is 0 Å². The van der Waals surface area contributed by atoms with Crippen molar-refractivity contribution < 1.29 is 19.5 Å². The molecule has 6 heteroatoms. The maximum absolute atomic E-state index is 11.7. The molecule has 0 aliphatic heterocycles. The molecule has 6 nitrogen and oxygen atoms in total. The number of amides is 1. The number of Topliss-reactive ketones (excluding diaryl/α,β-unsaturated/α-hetero) is 1. The summed E-state index contributed by atoms with van der Waals surface area (Å²) >= 11 is 0. The Balaban J connectivity index is 2.89. The lowest BCUT2D eigenvalue weighted by Gasteiger charge is -2.09. The molecular formula is C11H14N2O4. The molecule has 17 heavy (non-hydrogen) atoms. The molecule has 0 spiro atoms. The van der Waals surface area contributed by atoms with Gasteiger partial charge in [-0.2, -0.15) is 0 Å². The SMILES string of the molecule is CC(=O)c1cc(C(=O)NC(C)C(=O)O)n(C)c1. The van der Waals surface area contributed by atoms with E-state index < -0.39 is 17.9 Å². The van der Waals surface area contributed by atoms with E-state index in [2.05, 4.69) is 5.32 Å².